The van der Waals surface area contributed by atoms with Crippen LogP contribution < -0.4 is 11.2 Å². The first-order chi connectivity index (χ1) is 8.16. The van der Waals surface area contributed by atoms with Crippen LogP contribution in [-0.4, -0.2) is 17.5 Å². The van der Waals surface area contributed by atoms with Crippen molar-refractivity contribution in [3.63, 3.8) is 0 Å². The Bertz CT molecular complexity index is 352. The maximum absolute atomic E-state index is 11.0. The lowest BCUT2D eigenvalue weighted by molar-refractivity contribution is -0.137. The lowest BCUT2D eigenvalue weighted by Gasteiger charge is -2.35. The van der Waals surface area contributed by atoms with Crippen LogP contribution in [0.3, 0.4) is 0 Å². The van der Waals surface area contributed by atoms with Gasteiger partial charge < -0.3 is 5.73 Å². The van der Waals surface area contributed by atoms with Crippen LogP contribution in [0.1, 0.15) is 44.9 Å². The lowest BCUT2D eigenvalue weighted by Crippen LogP contribution is -2.35. The van der Waals surface area contributed by atoms with Gasteiger partial charge >= 0.3 is 11.8 Å². The van der Waals surface area contributed by atoms with Crippen molar-refractivity contribution >= 4 is 17.5 Å². The van der Waals surface area contributed by atoms with Gasteiger partial charge in [0.1, 0.15) is 0 Å². The molecule has 2 atom stereocenters. The number of nitrogens with two attached hydrogens (primary N) is 1. The molecule has 2 aliphatic carbocycles. The van der Waals surface area contributed by atoms with Gasteiger partial charge in [-0.05, 0) is 37.5 Å². The highest BCUT2D eigenvalue weighted by Crippen LogP contribution is 2.39. The summed E-state index contributed by atoms with van der Waals surface area (Å²) < 4.78 is 0. The fraction of sp³-hybridized carbons (Fsp3) is 0.750. The Labute approximate surface area is 101 Å². The van der Waals surface area contributed by atoms with Gasteiger partial charge in [-0.3, -0.25) is 9.59 Å². The number of fused-ring (bicyclic) bond motifs is 1. The lowest BCUT2D eigenvalue weighted by atomic mass is 9.70. The predicted molar refractivity (Wildman–Crippen MR) is 64.1 cm³/mol. The molecular formula is C12H19N3O2. The van der Waals surface area contributed by atoms with E-state index < -0.39 is 11.8 Å². The quantitative estimate of drug-likeness (QED) is 0.525. The largest absolute Gasteiger partial charge is 0.361 e. The van der Waals surface area contributed by atoms with Gasteiger partial charge in [0.2, 0.25) is 0 Å². The molecule has 0 radical (unpaired) electrons. The molecule has 2 saturated carbocycles. The average molecular weight is 237 g/mol. The van der Waals surface area contributed by atoms with E-state index in [0.29, 0.717) is 0 Å². The molecule has 2 aliphatic rings. The molecule has 0 aromatic heterocycles. The van der Waals surface area contributed by atoms with Gasteiger partial charge in [0.15, 0.2) is 0 Å². The highest BCUT2D eigenvalue weighted by molar-refractivity contribution is 6.34. The second kappa shape index (κ2) is 5.29. The van der Waals surface area contributed by atoms with E-state index in [2.05, 4.69) is 10.5 Å². The SMILES string of the molecule is NC(=O)C(=O)N/N=C1/CC[C@H]2CCCC[C@H]2C1. The van der Waals surface area contributed by atoms with E-state index in [0.717, 1.165) is 36.8 Å². The summed E-state index contributed by atoms with van der Waals surface area (Å²) in [7, 11) is 0. The molecule has 2 rings (SSSR count). The van der Waals surface area contributed by atoms with Crippen molar-refractivity contribution in [2.75, 3.05) is 0 Å². The van der Waals surface area contributed by atoms with E-state index in [1.165, 1.54) is 25.7 Å². The molecule has 0 aromatic rings. The Morgan fingerprint density at radius 1 is 1.18 bits per heavy atom. The monoisotopic (exact) mass is 237 g/mol. The fourth-order valence-electron chi connectivity index (χ4n) is 2.98. The molecule has 0 aliphatic heterocycles. The normalized spacial score (nSPS) is 30.7. The van der Waals surface area contributed by atoms with E-state index in [4.69, 9.17) is 5.73 Å². The molecule has 0 saturated heterocycles. The Balaban J connectivity index is 1.88. The highest BCUT2D eigenvalue weighted by atomic mass is 16.2. The molecule has 5 heteroatoms. The summed E-state index contributed by atoms with van der Waals surface area (Å²) >= 11 is 0. The molecule has 94 valence electrons. The molecule has 0 spiro atoms. The van der Waals surface area contributed by atoms with Crippen molar-refractivity contribution < 1.29 is 9.59 Å². The van der Waals surface area contributed by atoms with Crippen LogP contribution >= 0.6 is 0 Å². The first-order valence-electron chi connectivity index (χ1n) is 6.32. The van der Waals surface area contributed by atoms with E-state index >= 15 is 0 Å². The minimum absolute atomic E-state index is 0.724. The maximum atomic E-state index is 11.0. The van der Waals surface area contributed by atoms with Crippen LogP contribution in [0.5, 0.6) is 0 Å². The van der Waals surface area contributed by atoms with Gasteiger partial charge in [-0.2, -0.15) is 5.10 Å². The molecule has 2 fully saturated rings. The number of hydrazone groups is 1. The number of carbonyl (C=O) groups is 2. The third-order valence-electron chi connectivity index (χ3n) is 3.91. The number of primary amides is 1. The zero-order valence-corrected chi connectivity index (χ0v) is 9.95. The third-order valence-corrected chi connectivity index (χ3v) is 3.91. The number of carbonyl (C=O) groups excluding carboxylic acids is 2. The summed E-state index contributed by atoms with van der Waals surface area (Å²) in [4.78, 5) is 21.5. The molecule has 2 amide bonds. The zero-order valence-electron chi connectivity index (χ0n) is 9.95. The zero-order chi connectivity index (χ0) is 12.3. The molecule has 0 bridgehead atoms. The van der Waals surface area contributed by atoms with Crippen LogP contribution in [0, 0.1) is 11.8 Å². The molecule has 0 unspecified atom stereocenters. The second-order valence-electron chi connectivity index (χ2n) is 5.03. The van der Waals surface area contributed by atoms with Gasteiger partial charge in [0.05, 0.1) is 0 Å². The van der Waals surface area contributed by atoms with E-state index in [-0.39, 0.29) is 0 Å². The molecular weight excluding hydrogens is 218 g/mol. The summed E-state index contributed by atoms with van der Waals surface area (Å²) in [5.41, 5.74) is 8.06. The minimum Gasteiger partial charge on any atom is -0.361 e. The van der Waals surface area contributed by atoms with E-state index in [1.54, 1.807) is 0 Å². The van der Waals surface area contributed by atoms with Gasteiger partial charge in [-0.1, -0.05) is 19.3 Å². The van der Waals surface area contributed by atoms with Gasteiger partial charge in [0, 0.05) is 5.71 Å². The second-order valence-corrected chi connectivity index (χ2v) is 5.03. The maximum Gasteiger partial charge on any atom is 0.329 e. The Morgan fingerprint density at radius 2 is 1.88 bits per heavy atom. The van der Waals surface area contributed by atoms with Gasteiger partial charge in [0.25, 0.3) is 0 Å². The van der Waals surface area contributed by atoms with Crippen molar-refractivity contribution in [1.29, 1.82) is 0 Å². The summed E-state index contributed by atoms with van der Waals surface area (Å²) in [5.74, 6) is -0.250. The van der Waals surface area contributed by atoms with E-state index in [9.17, 15) is 9.59 Å². The number of amides is 2. The predicted octanol–water partition coefficient (Wildman–Crippen LogP) is 0.934. The molecule has 0 heterocycles. The summed E-state index contributed by atoms with van der Waals surface area (Å²) in [6.45, 7) is 0. The van der Waals surface area contributed by atoms with Crippen molar-refractivity contribution in [1.82, 2.24) is 5.43 Å². The molecule has 5 nitrogen and oxygen atoms in total. The Morgan fingerprint density at radius 3 is 2.59 bits per heavy atom. The van der Waals surface area contributed by atoms with Crippen molar-refractivity contribution in [2.24, 2.45) is 22.7 Å². The van der Waals surface area contributed by atoms with Crippen LogP contribution in [0.15, 0.2) is 5.10 Å². The van der Waals surface area contributed by atoms with Crippen molar-refractivity contribution in [2.45, 2.75) is 44.9 Å². The molecule has 0 aromatic carbocycles. The van der Waals surface area contributed by atoms with Crippen LogP contribution in [-0.2, 0) is 9.59 Å². The van der Waals surface area contributed by atoms with Gasteiger partial charge in [-0.25, -0.2) is 5.43 Å². The van der Waals surface area contributed by atoms with Crippen molar-refractivity contribution in [3.05, 3.63) is 0 Å². The minimum atomic E-state index is -0.985. The molecule has 17 heavy (non-hydrogen) atoms. The van der Waals surface area contributed by atoms with Crippen LogP contribution in [0.25, 0.3) is 0 Å². The number of nitrogens with zero attached hydrogens (tertiary/aromatic N) is 1. The third kappa shape index (κ3) is 3.05. The highest BCUT2D eigenvalue weighted by Gasteiger charge is 2.30. The van der Waals surface area contributed by atoms with E-state index in [1.807, 2.05) is 0 Å². The first kappa shape index (κ1) is 12.1. The Hall–Kier alpha value is -1.39. The first-order valence-corrected chi connectivity index (χ1v) is 6.32. The number of hydrogen-bond donors (Lipinski definition) is 2. The Kier molecular flexibility index (Phi) is 3.76. The van der Waals surface area contributed by atoms with Crippen LogP contribution in [0.4, 0.5) is 0 Å². The van der Waals surface area contributed by atoms with Crippen LogP contribution in [0.2, 0.25) is 0 Å². The van der Waals surface area contributed by atoms with Gasteiger partial charge in [-0.15, -0.1) is 0 Å². The summed E-state index contributed by atoms with van der Waals surface area (Å²) in [6.07, 6.45) is 8.33. The standard InChI is InChI=1S/C12H19N3O2/c13-11(16)12(17)15-14-10-6-5-8-3-1-2-4-9(8)7-10/h8-9H,1-7H2,(H2,13,16)(H,15,17)/b14-10-/t8-,9+/m1/s1. The summed E-state index contributed by atoms with van der Waals surface area (Å²) in [5, 5.41) is 4.01. The fourth-order valence-corrected chi connectivity index (χ4v) is 2.98. The number of rotatable bonds is 1. The summed E-state index contributed by atoms with van der Waals surface area (Å²) in [6, 6.07) is 0. The molecule has 3 N–H and O–H groups in total. The number of nitrogens with one attached hydrogen (secondary N) is 1. The van der Waals surface area contributed by atoms with Crippen molar-refractivity contribution in [3.8, 4) is 0 Å². The topological polar surface area (TPSA) is 84.5 Å². The number of hydrogen-bond acceptors (Lipinski definition) is 3. The average Bonchev–Trinajstić information content (AvgIpc) is 2.35. The smallest absolute Gasteiger partial charge is 0.329 e.